The van der Waals surface area contributed by atoms with E-state index in [1.54, 1.807) is 0 Å². The summed E-state index contributed by atoms with van der Waals surface area (Å²) in [6.45, 7) is 0. The quantitative estimate of drug-likeness (QED) is 0.531. The standard InChI is InChI=1S/C17H8BrCl2F3N2O/c18-14-3-9(1-2-10(14)8-24)15-7-16(26-25-15,17(21,22)23)11-4-12(19)6-13(20)5-11/h1-6H,7H2. The van der Waals surface area contributed by atoms with Crippen molar-refractivity contribution in [1.29, 1.82) is 5.26 Å². The molecule has 0 spiro atoms. The van der Waals surface area contributed by atoms with E-state index < -0.39 is 18.2 Å². The first-order chi connectivity index (χ1) is 12.2. The van der Waals surface area contributed by atoms with Crippen LogP contribution in [0, 0.1) is 11.3 Å². The number of rotatable bonds is 2. The van der Waals surface area contributed by atoms with Gasteiger partial charge in [-0.25, -0.2) is 0 Å². The van der Waals surface area contributed by atoms with Gasteiger partial charge in [0.1, 0.15) is 6.07 Å². The van der Waals surface area contributed by atoms with E-state index in [0.29, 0.717) is 15.6 Å². The van der Waals surface area contributed by atoms with E-state index >= 15 is 0 Å². The van der Waals surface area contributed by atoms with E-state index in [1.807, 2.05) is 6.07 Å². The molecule has 1 atom stereocenters. The Hall–Kier alpha value is -1.75. The largest absolute Gasteiger partial charge is 0.435 e. The Morgan fingerprint density at radius 2 is 1.81 bits per heavy atom. The Morgan fingerprint density at radius 3 is 2.35 bits per heavy atom. The van der Waals surface area contributed by atoms with E-state index in [2.05, 4.69) is 21.1 Å². The Bertz CT molecular complexity index is 936. The summed E-state index contributed by atoms with van der Waals surface area (Å²) in [5, 5.41) is 12.7. The van der Waals surface area contributed by atoms with E-state index in [-0.39, 0.29) is 21.3 Å². The molecule has 0 saturated heterocycles. The fourth-order valence-corrected chi connectivity index (χ4v) is 3.62. The van der Waals surface area contributed by atoms with Crippen molar-refractivity contribution in [3.05, 3.63) is 67.6 Å². The highest BCUT2D eigenvalue weighted by Crippen LogP contribution is 2.49. The van der Waals surface area contributed by atoms with Gasteiger partial charge in [-0.05, 0) is 46.3 Å². The molecule has 2 aromatic rings. The maximum absolute atomic E-state index is 13.9. The highest BCUT2D eigenvalue weighted by atomic mass is 79.9. The molecule has 1 aliphatic heterocycles. The van der Waals surface area contributed by atoms with Crippen LogP contribution in [0.4, 0.5) is 13.2 Å². The van der Waals surface area contributed by atoms with Crippen molar-refractivity contribution in [2.24, 2.45) is 5.16 Å². The van der Waals surface area contributed by atoms with Gasteiger partial charge in [-0.3, -0.25) is 0 Å². The lowest BCUT2D eigenvalue weighted by molar-refractivity contribution is -0.275. The second kappa shape index (κ2) is 6.76. The van der Waals surface area contributed by atoms with E-state index in [1.165, 1.54) is 24.3 Å². The van der Waals surface area contributed by atoms with Gasteiger partial charge < -0.3 is 4.84 Å². The number of hydrogen-bond donors (Lipinski definition) is 0. The van der Waals surface area contributed by atoms with Crippen LogP contribution in [0.5, 0.6) is 0 Å². The summed E-state index contributed by atoms with van der Waals surface area (Å²) in [4.78, 5) is 4.93. The Kier molecular flexibility index (Phi) is 4.95. The average Bonchev–Trinajstić information content (AvgIpc) is 3.00. The maximum atomic E-state index is 13.9. The van der Waals surface area contributed by atoms with Crippen LogP contribution in [-0.4, -0.2) is 11.9 Å². The fraction of sp³-hybridized carbons (Fsp3) is 0.176. The third-order valence-corrected chi connectivity index (χ3v) is 5.03. The number of alkyl halides is 3. The molecule has 0 aliphatic carbocycles. The highest BCUT2D eigenvalue weighted by molar-refractivity contribution is 9.10. The van der Waals surface area contributed by atoms with Crippen LogP contribution in [0.1, 0.15) is 23.1 Å². The van der Waals surface area contributed by atoms with Crippen LogP contribution in [0.2, 0.25) is 10.0 Å². The van der Waals surface area contributed by atoms with Gasteiger partial charge >= 0.3 is 6.18 Å². The van der Waals surface area contributed by atoms with E-state index in [0.717, 1.165) is 12.1 Å². The summed E-state index contributed by atoms with van der Waals surface area (Å²) >= 11 is 14.9. The van der Waals surface area contributed by atoms with E-state index in [4.69, 9.17) is 33.3 Å². The lowest BCUT2D eigenvalue weighted by atomic mass is 9.86. The lowest BCUT2D eigenvalue weighted by Gasteiger charge is -2.29. The first-order valence-electron chi connectivity index (χ1n) is 7.14. The molecular weight excluding hydrogens is 456 g/mol. The minimum atomic E-state index is -4.75. The SMILES string of the molecule is N#Cc1ccc(C2=NOC(c3cc(Cl)cc(Cl)c3)(C(F)(F)F)C2)cc1Br. The molecule has 134 valence electrons. The lowest BCUT2D eigenvalue weighted by Crippen LogP contribution is -2.42. The molecule has 0 amide bonds. The van der Waals surface area contributed by atoms with Gasteiger partial charge in [0, 0.05) is 32.1 Å². The molecule has 0 saturated carbocycles. The van der Waals surface area contributed by atoms with Gasteiger partial charge in [0.2, 0.25) is 0 Å². The third-order valence-electron chi connectivity index (χ3n) is 3.94. The maximum Gasteiger partial charge on any atom is 0.435 e. The molecule has 0 N–H and O–H groups in total. The van der Waals surface area contributed by atoms with Crippen molar-refractivity contribution in [2.75, 3.05) is 0 Å². The molecule has 26 heavy (non-hydrogen) atoms. The van der Waals surface area contributed by atoms with Crippen LogP contribution < -0.4 is 0 Å². The summed E-state index contributed by atoms with van der Waals surface area (Å²) in [7, 11) is 0. The molecular formula is C17H8BrCl2F3N2O. The van der Waals surface area contributed by atoms with Crippen molar-refractivity contribution < 1.29 is 18.0 Å². The van der Waals surface area contributed by atoms with Crippen molar-refractivity contribution >= 4 is 44.8 Å². The van der Waals surface area contributed by atoms with Gasteiger partial charge in [0.25, 0.3) is 5.60 Å². The topological polar surface area (TPSA) is 45.4 Å². The zero-order chi connectivity index (χ0) is 19.1. The van der Waals surface area contributed by atoms with Gasteiger partial charge in [0.05, 0.1) is 11.3 Å². The summed E-state index contributed by atoms with van der Waals surface area (Å²) in [5.41, 5.74) is -2.04. The summed E-state index contributed by atoms with van der Waals surface area (Å²) in [6.07, 6.45) is -5.30. The number of hydrogen-bond acceptors (Lipinski definition) is 3. The fourth-order valence-electron chi connectivity index (χ4n) is 2.63. The predicted octanol–water partition coefficient (Wildman–Crippen LogP) is 6.21. The summed E-state index contributed by atoms with van der Waals surface area (Å²) < 4.78 is 42.2. The highest BCUT2D eigenvalue weighted by Gasteiger charge is 2.62. The number of nitriles is 1. The zero-order valence-electron chi connectivity index (χ0n) is 12.7. The molecule has 0 bridgehead atoms. The van der Waals surface area contributed by atoms with Crippen molar-refractivity contribution in [3.8, 4) is 6.07 Å². The van der Waals surface area contributed by atoms with Gasteiger partial charge in [-0.1, -0.05) is 34.4 Å². The van der Waals surface area contributed by atoms with Crippen LogP contribution in [-0.2, 0) is 10.4 Å². The second-order valence-electron chi connectivity index (χ2n) is 5.60. The van der Waals surface area contributed by atoms with Crippen LogP contribution in [0.15, 0.2) is 46.0 Å². The number of oxime groups is 1. The van der Waals surface area contributed by atoms with Gasteiger partial charge in [-0.2, -0.15) is 18.4 Å². The Labute approximate surface area is 165 Å². The van der Waals surface area contributed by atoms with Gasteiger partial charge in [-0.15, -0.1) is 0 Å². The smallest absolute Gasteiger partial charge is 0.374 e. The van der Waals surface area contributed by atoms with Crippen molar-refractivity contribution in [1.82, 2.24) is 0 Å². The van der Waals surface area contributed by atoms with E-state index in [9.17, 15) is 13.2 Å². The summed E-state index contributed by atoms with van der Waals surface area (Å²) in [5.74, 6) is 0. The average molecular weight is 464 g/mol. The second-order valence-corrected chi connectivity index (χ2v) is 7.32. The first kappa shape index (κ1) is 19.0. The molecule has 3 nitrogen and oxygen atoms in total. The molecule has 0 radical (unpaired) electrons. The molecule has 1 aliphatic rings. The predicted molar refractivity (Wildman–Crippen MR) is 95.3 cm³/mol. The normalized spacial score (nSPS) is 19.7. The number of benzene rings is 2. The molecule has 0 aromatic heterocycles. The Morgan fingerprint density at radius 1 is 1.15 bits per heavy atom. The molecule has 2 aromatic carbocycles. The summed E-state index contributed by atoms with van der Waals surface area (Å²) in [6, 6.07) is 10.2. The molecule has 3 rings (SSSR count). The van der Waals surface area contributed by atoms with Crippen molar-refractivity contribution in [3.63, 3.8) is 0 Å². The number of halogens is 6. The molecule has 9 heteroatoms. The van der Waals surface area contributed by atoms with Crippen LogP contribution in [0.3, 0.4) is 0 Å². The molecule has 1 unspecified atom stereocenters. The number of nitrogens with zero attached hydrogens (tertiary/aromatic N) is 2. The third kappa shape index (κ3) is 3.29. The molecule has 1 heterocycles. The monoisotopic (exact) mass is 462 g/mol. The van der Waals surface area contributed by atoms with Crippen LogP contribution >= 0.6 is 39.1 Å². The minimum absolute atomic E-state index is 0.0642. The minimum Gasteiger partial charge on any atom is -0.374 e. The Balaban J connectivity index is 2.04. The van der Waals surface area contributed by atoms with Crippen LogP contribution in [0.25, 0.3) is 0 Å². The zero-order valence-corrected chi connectivity index (χ0v) is 15.8. The van der Waals surface area contributed by atoms with Crippen molar-refractivity contribution in [2.45, 2.75) is 18.2 Å². The van der Waals surface area contributed by atoms with Gasteiger partial charge in [0.15, 0.2) is 0 Å². The molecule has 0 fully saturated rings. The first-order valence-corrected chi connectivity index (χ1v) is 8.69.